The van der Waals surface area contributed by atoms with E-state index in [1.54, 1.807) is 24.3 Å². The third-order valence-electron chi connectivity index (χ3n) is 2.73. The zero-order chi connectivity index (χ0) is 15.8. The molecular weight excluding hydrogens is 302 g/mol. The van der Waals surface area contributed by atoms with Crippen LogP contribution in [0.3, 0.4) is 0 Å². The van der Waals surface area contributed by atoms with E-state index in [2.05, 4.69) is 15.8 Å². The number of benzene rings is 2. The maximum atomic E-state index is 11.6. The number of halogens is 1. The van der Waals surface area contributed by atoms with Crippen LogP contribution in [0.5, 0.6) is 0 Å². The van der Waals surface area contributed by atoms with Gasteiger partial charge in [0.05, 0.1) is 6.21 Å². The van der Waals surface area contributed by atoms with Crippen LogP contribution in [0.25, 0.3) is 0 Å². The number of hydrazone groups is 1. The van der Waals surface area contributed by atoms with Crippen molar-refractivity contribution in [3.63, 3.8) is 0 Å². The molecule has 0 spiro atoms. The minimum atomic E-state index is -0.825. The SMILES string of the molecule is O=C(NCc1ccccc1)C(=O)N/N=C\c1cccc(Cl)c1. The summed E-state index contributed by atoms with van der Waals surface area (Å²) in [5.41, 5.74) is 3.79. The fourth-order valence-electron chi connectivity index (χ4n) is 1.66. The molecule has 0 radical (unpaired) electrons. The molecule has 0 aliphatic rings. The fraction of sp³-hybridized carbons (Fsp3) is 0.0625. The Balaban J connectivity index is 1.80. The quantitative estimate of drug-likeness (QED) is 0.515. The summed E-state index contributed by atoms with van der Waals surface area (Å²) in [7, 11) is 0. The Morgan fingerprint density at radius 3 is 2.55 bits per heavy atom. The molecule has 0 saturated carbocycles. The lowest BCUT2D eigenvalue weighted by Gasteiger charge is -2.03. The molecule has 112 valence electrons. The average molecular weight is 316 g/mol. The smallest absolute Gasteiger partial charge is 0.329 e. The van der Waals surface area contributed by atoms with Gasteiger partial charge in [0, 0.05) is 11.6 Å². The molecule has 0 saturated heterocycles. The van der Waals surface area contributed by atoms with E-state index < -0.39 is 11.8 Å². The molecule has 22 heavy (non-hydrogen) atoms. The summed E-state index contributed by atoms with van der Waals surface area (Å²) in [6.07, 6.45) is 1.41. The van der Waals surface area contributed by atoms with Crippen LogP contribution in [0.2, 0.25) is 5.02 Å². The van der Waals surface area contributed by atoms with E-state index in [4.69, 9.17) is 11.6 Å². The Morgan fingerprint density at radius 1 is 1.05 bits per heavy atom. The van der Waals surface area contributed by atoms with Crippen LogP contribution in [-0.2, 0) is 16.1 Å². The van der Waals surface area contributed by atoms with Crippen molar-refractivity contribution in [2.75, 3.05) is 0 Å². The molecule has 6 heteroatoms. The molecule has 0 atom stereocenters. The monoisotopic (exact) mass is 315 g/mol. The van der Waals surface area contributed by atoms with Crippen molar-refractivity contribution in [3.8, 4) is 0 Å². The zero-order valence-electron chi connectivity index (χ0n) is 11.6. The lowest BCUT2D eigenvalue weighted by Crippen LogP contribution is -2.37. The third-order valence-corrected chi connectivity index (χ3v) is 2.97. The van der Waals surface area contributed by atoms with Gasteiger partial charge >= 0.3 is 11.8 Å². The standard InChI is InChI=1S/C16H14ClN3O2/c17-14-8-4-7-13(9-14)11-19-20-16(22)15(21)18-10-12-5-2-1-3-6-12/h1-9,11H,10H2,(H,18,21)(H,20,22)/b19-11-. The molecule has 2 aromatic rings. The molecule has 0 bridgehead atoms. The molecule has 0 heterocycles. The van der Waals surface area contributed by atoms with E-state index in [-0.39, 0.29) is 6.54 Å². The minimum absolute atomic E-state index is 0.283. The van der Waals surface area contributed by atoms with Gasteiger partial charge in [-0.1, -0.05) is 54.1 Å². The average Bonchev–Trinajstić information content (AvgIpc) is 2.53. The maximum absolute atomic E-state index is 11.6. The number of rotatable bonds is 4. The van der Waals surface area contributed by atoms with E-state index in [0.29, 0.717) is 5.02 Å². The highest BCUT2D eigenvalue weighted by Gasteiger charge is 2.11. The Labute approximate surface area is 133 Å². The number of nitrogens with one attached hydrogen (secondary N) is 2. The summed E-state index contributed by atoms with van der Waals surface area (Å²) in [5.74, 6) is -1.57. The molecule has 0 fully saturated rings. The van der Waals surface area contributed by atoms with E-state index in [9.17, 15) is 9.59 Å². The van der Waals surface area contributed by atoms with Crippen LogP contribution in [-0.4, -0.2) is 18.0 Å². The zero-order valence-corrected chi connectivity index (χ0v) is 12.4. The van der Waals surface area contributed by atoms with Crippen molar-refractivity contribution in [1.82, 2.24) is 10.7 Å². The van der Waals surface area contributed by atoms with E-state index in [1.165, 1.54) is 6.21 Å². The van der Waals surface area contributed by atoms with Gasteiger partial charge in [-0.15, -0.1) is 0 Å². The van der Waals surface area contributed by atoms with Crippen molar-refractivity contribution in [2.45, 2.75) is 6.54 Å². The fourth-order valence-corrected chi connectivity index (χ4v) is 1.86. The minimum Gasteiger partial charge on any atom is -0.344 e. The first-order chi connectivity index (χ1) is 10.6. The Morgan fingerprint density at radius 2 is 1.82 bits per heavy atom. The largest absolute Gasteiger partial charge is 0.344 e. The number of amides is 2. The van der Waals surface area contributed by atoms with Crippen LogP contribution < -0.4 is 10.7 Å². The molecule has 2 aromatic carbocycles. The van der Waals surface area contributed by atoms with Crippen molar-refractivity contribution >= 4 is 29.6 Å². The van der Waals surface area contributed by atoms with Crippen LogP contribution in [0.15, 0.2) is 59.7 Å². The Hall–Kier alpha value is -2.66. The van der Waals surface area contributed by atoms with Gasteiger partial charge in [0.1, 0.15) is 0 Å². The predicted octanol–water partition coefficient (Wildman–Crippen LogP) is 2.11. The number of hydrogen-bond acceptors (Lipinski definition) is 3. The van der Waals surface area contributed by atoms with E-state index in [1.807, 2.05) is 30.3 Å². The first-order valence-electron chi connectivity index (χ1n) is 6.56. The highest BCUT2D eigenvalue weighted by Crippen LogP contribution is 2.08. The van der Waals surface area contributed by atoms with Crippen molar-refractivity contribution in [3.05, 3.63) is 70.7 Å². The van der Waals surface area contributed by atoms with Crippen LogP contribution in [0, 0.1) is 0 Å². The molecule has 2 rings (SSSR count). The second kappa shape index (κ2) is 7.95. The number of carbonyl (C=O) groups is 2. The topological polar surface area (TPSA) is 70.6 Å². The van der Waals surface area contributed by atoms with Crippen LogP contribution in [0.1, 0.15) is 11.1 Å². The second-order valence-electron chi connectivity index (χ2n) is 4.42. The van der Waals surface area contributed by atoms with Gasteiger partial charge in [0.2, 0.25) is 0 Å². The summed E-state index contributed by atoms with van der Waals surface area (Å²) < 4.78 is 0. The molecular formula is C16H14ClN3O2. The molecule has 2 amide bonds. The molecule has 0 aromatic heterocycles. The maximum Gasteiger partial charge on any atom is 0.329 e. The van der Waals surface area contributed by atoms with Gasteiger partial charge in [-0.25, -0.2) is 5.43 Å². The van der Waals surface area contributed by atoms with Gasteiger partial charge in [-0.05, 0) is 23.3 Å². The van der Waals surface area contributed by atoms with E-state index in [0.717, 1.165) is 11.1 Å². The second-order valence-corrected chi connectivity index (χ2v) is 4.86. The molecule has 0 aliphatic heterocycles. The number of nitrogens with zero attached hydrogens (tertiary/aromatic N) is 1. The summed E-state index contributed by atoms with van der Waals surface area (Å²) in [4.78, 5) is 23.2. The van der Waals surface area contributed by atoms with Crippen molar-refractivity contribution < 1.29 is 9.59 Å². The number of hydrogen-bond donors (Lipinski definition) is 2. The summed E-state index contributed by atoms with van der Waals surface area (Å²) >= 11 is 5.82. The van der Waals surface area contributed by atoms with Gasteiger partial charge in [0.25, 0.3) is 0 Å². The molecule has 2 N–H and O–H groups in total. The molecule has 5 nitrogen and oxygen atoms in total. The van der Waals surface area contributed by atoms with E-state index >= 15 is 0 Å². The molecule has 0 unspecified atom stereocenters. The highest BCUT2D eigenvalue weighted by molar-refractivity contribution is 6.35. The lowest BCUT2D eigenvalue weighted by atomic mass is 10.2. The first kappa shape index (κ1) is 15.7. The Bertz CT molecular complexity index is 687. The number of carbonyl (C=O) groups excluding carboxylic acids is 2. The van der Waals surface area contributed by atoms with Gasteiger partial charge in [0.15, 0.2) is 0 Å². The van der Waals surface area contributed by atoms with Gasteiger partial charge in [-0.2, -0.15) is 5.10 Å². The van der Waals surface area contributed by atoms with Crippen molar-refractivity contribution in [2.24, 2.45) is 5.10 Å². The highest BCUT2D eigenvalue weighted by atomic mass is 35.5. The lowest BCUT2D eigenvalue weighted by molar-refractivity contribution is -0.139. The predicted molar refractivity (Wildman–Crippen MR) is 85.5 cm³/mol. The van der Waals surface area contributed by atoms with Gasteiger partial charge < -0.3 is 5.32 Å². The third kappa shape index (κ3) is 5.03. The molecule has 0 aliphatic carbocycles. The van der Waals surface area contributed by atoms with Gasteiger partial charge in [-0.3, -0.25) is 9.59 Å². The summed E-state index contributed by atoms with van der Waals surface area (Å²) in [6.45, 7) is 0.283. The first-order valence-corrected chi connectivity index (χ1v) is 6.93. The Kier molecular flexibility index (Phi) is 5.68. The summed E-state index contributed by atoms with van der Waals surface area (Å²) in [6, 6.07) is 16.3. The normalized spacial score (nSPS) is 10.4. The summed E-state index contributed by atoms with van der Waals surface area (Å²) in [5, 5.41) is 6.79. The van der Waals surface area contributed by atoms with Crippen LogP contribution >= 0.6 is 11.6 Å². The van der Waals surface area contributed by atoms with Crippen molar-refractivity contribution in [1.29, 1.82) is 0 Å². The van der Waals surface area contributed by atoms with Crippen LogP contribution in [0.4, 0.5) is 0 Å².